The number of anilines is 2. The Labute approximate surface area is 170 Å². The van der Waals surface area contributed by atoms with Gasteiger partial charge in [-0.3, -0.25) is 4.79 Å². The van der Waals surface area contributed by atoms with Crippen molar-refractivity contribution in [2.24, 2.45) is 0 Å². The molecule has 0 saturated heterocycles. The zero-order chi connectivity index (χ0) is 20.6. The van der Waals surface area contributed by atoms with E-state index in [9.17, 15) is 9.18 Å². The van der Waals surface area contributed by atoms with Crippen LogP contribution in [0.4, 0.5) is 15.9 Å². The summed E-state index contributed by atoms with van der Waals surface area (Å²) in [5, 5.41) is 11.5. The quantitative estimate of drug-likeness (QED) is 0.566. The zero-order valence-corrected chi connectivity index (χ0v) is 16.7. The molecule has 3 aromatic rings. The summed E-state index contributed by atoms with van der Waals surface area (Å²) < 4.78 is 13.0. The van der Waals surface area contributed by atoms with E-state index in [0.717, 1.165) is 30.6 Å². The first-order valence-corrected chi connectivity index (χ1v) is 9.86. The monoisotopic (exact) mass is 392 g/mol. The Morgan fingerprint density at radius 2 is 1.69 bits per heavy atom. The fourth-order valence-corrected chi connectivity index (χ4v) is 2.95. The van der Waals surface area contributed by atoms with E-state index in [-0.39, 0.29) is 11.7 Å². The van der Waals surface area contributed by atoms with Gasteiger partial charge in [-0.15, -0.1) is 10.2 Å². The van der Waals surface area contributed by atoms with E-state index < -0.39 is 0 Å². The van der Waals surface area contributed by atoms with Gasteiger partial charge in [-0.05, 0) is 74.0 Å². The third kappa shape index (κ3) is 5.38. The van der Waals surface area contributed by atoms with Crippen LogP contribution in [-0.4, -0.2) is 34.1 Å². The average Bonchev–Trinajstić information content (AvgIpc) is 2.76. The number of amides is 1. The minimum absolute atomic E-state index is 0.0518. The van der Waals surface area contributed by atoms with Crippen molar-refractivity contribution in [2.75, 3.05) is 18.4 Å². The maximum Gasteiger partial charge on any atom is 0.253 e. The molecule has 0 aliphatic heterocycles. The SMILES string of the molecule is CCCCN(CC)C(=O)c1ccc(Nc2ccc(-c3ccc(F)cc3)nn2)cc1. The molecule has 0 bridgehead atoms. The van der Waals surface area contributed by atoms with Gasteiger partial charge in [0.25, 0.3) is 5.91 Å². The fraction of sp³-hybridized carbons (Fsp3) is 0.261. The summed E-state index contributed by atoms with van der Waals surface area (Å²) in [6.07, 6.45) is 2.07. The van der Waals surface area contributed by atoms with Crippen molar-refractivity contribution in [3.63, 3.8) is 0 Å². The molecular formula is C23H25FN4O. The number of nitrogens with zero attached hydrogens (tertiary/aromatic N) is 3. The van der Waals surface area contributed by atoms with Gasteiger partial charge in [-0.2, -0.15) is 0 Å². The zero-order valence-electron chi connectivity index (χ0n) is 16.7. The van der Waals surface area contributed by atoms with E-state index in [1.54, 1.807) is 12.1 Å². The molecule has 29 heavy (non-hydrogen) atoms. The highest BCUT2D eigenvalue weighted by atomic mass is 19.1. The molecule has 0 unspecified atom stereocenters. The van der Waals surface area contributed by atoms with Crippen molar-refractivity contribution in [3.8, 4) is 11.3 Å². The highest BCUT2D eigenvalue weighted by molar-refractivity contribution is 5.94. The standard InChI is InChI=1S/C23H25FN4O/c1-3-5-16-28(4-2)23(29)18-8-12-20(13-9-18)25-22-15-14-21(26-27-22)17-6-10-19(24)11-7-17/h6-15H,3-5,16H2,1-2H3,(H,25,27). The fourth-order valence-electron chi connectivity index (χ4n) is 2.95. The van der Waals surface area contributed by atoms with Gasteiger partial charge in [-0.25, -0.2) is 4.39 Å². The number of aromatic nitrogens is 2. The van der Waals surface area contributed by atoms with Crippen LogP contribution < -0.4 is 5.32 Å². The number of nitrogens with one attached hydrogen (secondary N) is 1. The maximum absolute atomic E-state index is 13.0. The van der Waals surface area contributed by atoms with Crippen LogP contribution in [0.5, 0.6) is 0 Å². The van der Waals surface area contributed by atoms with E-state index in [1.807, 2.05) is 48.2 Å². The molecule has 1 heterocycles. The van der Waals surface area contributed by atoms with E-state index in [0.29, 0.717) is 23.6 Å². The van der Waals surface area contributed by atoms with Crippen LogP contribution in [0.2, 0.25) is 0 Å². The van der Waals surface area contributed by atoms with Crippen molar-refractivity contribution in [1.82, 2.24) is 15.1 Å². The van der Waals surface area contributed by atoms with Gasteiger partial charge in [0.05, 0.1) is 5.69 Å². The van der Waals surface area contributed by atoms with Gasteiger partial charge in [0.2, 0.25) is 0 Å². The number of hydrogen-bond acceptors (Lipinski definition) is 4. The Bertz CT molecular complexity index is 925. The summed E-state index contributed by atoms with van der Waals surface area (Å²) in [6, 6.07) is 17.1. The number of benzene rings is 2. The summed E-state index contributed by atoms with van der Waals surface area (Å²) in [5.41, 5.74) is 2.97. The van der Waals surface area contributed by atoms with Crippen molar-refractivity contribution in [2.45, 2.75) is 26.7 Å². The van der Waals surface area contributed by atoms with Gasteiger partial charge in [0.1, 0.15) is 5.82 Å². The largest absolute Gasteiger partial charge is 0.339 e. The molecule has 2 aromatic carbocycles. The molecule has 1 amide bonds. The predicted molar refractivity (Wildman–Crippen MR) is 114 cm³/mol. The third-order valence-corrected chi connectivity index (χ3v) is 4.66. The number of carbonyl (C=O) groups excluding carboxylic acids is 1. The van der Waals surface area contributed by atoms with Crippen LogP contribution in [0.15, 0.2) is 60.7 Å². The molecule has 1 aromatic heterocycles. The van der Waals surface area contributed by atoms with Crippen molar-refractivity contribution in [1.29, 1.82) is 0 Å². The van der Waals surface area contributed by atoms with Crippen LogP contribution >= 0.6 is 0 Å². The summed E-state index contributed by atoms with van der Waals surface area (Å²) in [4.78, 5) is 14.5. The maximum atomic E-state index is 13.0. The average molecular weight is 392 g/mol. The molecule has 0 fully saturated rings. The van der Waals surface area contributed by atoms with Crippen molar-refractivity contribution >= 4 is 17.4 Å². The van der Waals surface area contributed by atoms with Crippen LogP contribution in [0, 0.1) is 5.82 Å². The van der Waals surface area contributed by atoms with Gasteiger partial charge in [0.15, 0.2) is 5.82 Å². The normalized spacial score (nSPS) is 10.6. The van der Waals surface area contributed by atoms with Crippen molar-refractivity contribution < 1.29 is 9.18 Å². The minimum atomic E-state index is -0.283. The summed E-state index contributed by atoms with van der Waals surface area (Å²) >= 11 is 0. The van der Waals surface area contributed by atoms with Gasteiger partial charge < -0.3 is 10.2 Å². The molecule has 150 valence electrons. The predicted octanol–water partition coefficient (Wildman–Crippen LogP) is 5.29. The molecule has 3 rings (SSSR count). The highest BCUT2D eigenvalue weighted by Gasteiger charge is 2.13. The first-order valence-electron chi connectivity index (χ1n) is 9.86. The first-order chi connectivity index (χ1) is 14.1. The molecule has 0 radical (unpaired) electrons. The smallest absolute Gasteiger partial charge is 0.253 e. The molecule has 5 nitrogen and oxygen atoms in total. The van der Waals surface area contributed by atoms with Crippen molar-refractivity contribution in [3.05, 3.63) is 72.0 Å². The second kappa shape index (κ2) is 9.78. The highest BCUT2D eigenvalue weighted by Crippen LogP contribution is 2.20. The Balaban J connectivity index is 1.65. The van der Waals surface area contributed by atoms with Gasteiger partial charge in [0, 0.05) is 29.9 Å². The Morgan fingerprint density at radius 3 is 2.28 bits per heavy atom. The first kappa shape index (κ1) is 20.5. The molecule has 6 heteroatoms. The van der Waals surface area contributed by atoms with Crippen LogP contribution in [0.1, 0.15) is 37.0 Å². The molecule has 0 aliphatic carbocycles. The lowest BCUT2D eigenvalue weighted by Crippen LogP contribution is -2.31. The lowest BCUT2D eigenvalue weighted by atomic mass is 10.1. The second-order valence-corrected chi connectivity index (χ2v) is 6.75. The summed E-state index contributed by atoms with van der Waals surface area (Å²) in [6.45, 7) is 5.60. The molecule has 1 N–H and O–H groups in total. The summed E-state index contributed by atoms with van der Waals surface area (Å²) in [7, 11) is 0. The molecule has 0 spiro atoms. The Morgan fingerprint density at radius 1 is 0.966 bits per heavy atom. The van der Waals surface area contributed by atoms with Gasteiger partial charge >= 0.3 is 0 Å². The van der Waals surface area contributed by atoms with Crippen LogP contribution in [0.3, 0.4) is 0 Å². The number of carbonyl (C=O) groups is 1. The number of rotatable bonds is 8. The molecule has 0 atom stereocenters. The number of unbranched alkanes of at least 4 members (excludes halogenated alkanes) is 1. The topological polar surface area (TPSA) is 58.1 Å². The van der Waals surface area contributed by atoms with E-state index >= 15 is 0 Å². The van der Waals surface area contributed by atoms with Gasteiger partial charge in [-0.1, -0.05) is 13.3 Å². The number of hydrogen-bond donors (Lipinski definition) is 1. The second-order valence-electron chi connectivity index (χ2n) is 6.75. The Kier molecular flexibility index (Phi) is 6.89. The third-order valence-electron chi connectivity index (χ3n) is 4.66. The lowest BCUT2D eigenvalue weighted by molar-refractivity contribution is 0.0762. The summed E-state index contributed by atoms with van der Waals surface area (Å²) in [5.74, 6) is 0.360. The number of halogens is 1. The van der Waals surface area contributed by atoms with E-state index in [4.69, 9.17) is 0 Å². The van der Waals surface area contributed by atoms with E-state index in [1.165, 1.54) is 12.1 Å². The minimum Gasteiger partial charge on any atom is -0.339 e. The molecule has 0 saturated carbocycles. The lowest BCUT2D eigenvalue weighted by Gasteiger charge is -2.20. The molecular weight excluding hydrogens is 367 g/mol. The van der Waals surface area contributed by atoms with E-state index in [2.05, 4.69) is 22.4 Å². The Hall–Kier alpha value is -3.28. The van der Waals surface area contributed by atoms with Crippen LogP contribution in [-0.2, 0) is 0 Å². The molecule has 0 aliphatic rings. The van der Waals surface area contributed by atoms with Crippen LogP contribution in [0.25, 0.3) is 11.3 Å².